The van der Waals surface area contributed by atoms with Crippen LogP contribution < -0.4 is 17.2 Å². The van der Waals surface area contributed by atoms with Crippen molar-refractivity contribution >= 4 is 27.9 Å². The van der Waals surface area contributed by atoms with Crippen molar-refractivity contribution in [3.05, 3.63) is 29.3 Å². The molecule has 0 saturated heterocycles. The Morgan fingerprint density at radius 2 is 1.71 bits per heavy atom. The maximum atomic E-state index is 13.4. The third-order valence-corrected chi connectivity index (χ3v) is 6.68. The number of amides is 3. The molecule has 0 atom stereocenters. The number of carbonyl (C=O) groups excluding carboxylic acids is 2. The highest BCUT2D eigenvalue weighted by Gasteiger charge is 2.37. The van der Waals surface area contributed by atoms with E-state index in [0.29, 0.717) is 18.4 Å². The summed E-state index contributed by atoms with van der Waals surface area (Å²) in [6.45, 7) is 3.64. The lowest BCUT2D eigenvalue weighted by atomic mass is 9.96. The number of primary amides is 1. The number of hydrogen-bond acceptors (Lipinski definition) is 4. The van der Waals surface area contributed by atoms with Gasteiger partial charge in [0.2, 0.25) is 0 Å². The Bertz CT molecular complexity index is 885. The highest BCUT2D eigenvalue weighted by molar-refractivity contribution is 7.89. The largest absolute Gasteiger partial charge is 0.370 e. The van der Waals surface area contributed by atoms with E-state index in [9.17, 15) is 18.0 Å². The maximum Gasteiger partial charge on any atom is 0.328 e. The molecular weight excluding hydrogens is 382 g/mol. The average molecular weight is 410 g/mol. The molecule has 2 rings (SSSR count). The van der Waals surface area contributed by atoms with Gasteiger partial charge in [-0.15, -0.1) is 0 Å². The van der Waals surface area contributed by atoms with Crippen molar-refractivity contribution in [2.24, 2.45) is 22.2 Å². The molecule has 0 spiro atoms. The molecule has 1 saturated carbocycles. The summed E-state index contributed by atoms with van der Waals surface area (Å²) < 4.78 is 27.6. The van der Waals surface area contributed by atoms with Crippen molar-refractivity contribution in [2.45, 2.75) is 62.8 Å². The lowest BCUT2D eigenvalue weighted by molar-refractivity contribution is 0.100. The first-order valence-corrected chi connectivity index (χ1v) is 10.6. The Hall–Kier alpha value is -2.62. The monoisotopic (exact) mass is 409 g/mol. The fourth-order valence-corrected chi connectivity index (χ4v) is 5.40. The minimum Gasteiger partial charge on any atom is -0.370 e. The summed E-state index contributed by atoms with van der Waals surface area (Å²) in [5.74, 6) is -1.36. The number of nitrogens with two attached hydrogens (primary N) is 3. The second-order valence-corrected chi connectivity index (χ2v) is 8.96. The summed E-state index contributed by atoms with van der Waals surface area (Å²) in [4.78, 5) is 27.6. The standard InChI is InChI=1S/C18H27N5O4S/c1-11(2)14-9-8-12(16(24)22-17(19)20)10-15(14)28(26,27)23(18(21)25)13-6-4-3-5-7-13/h8-11,13H,3-7H2,1-2H3,(H2,21,25)(H4,19,20,22,24). The van der Waals surface area contributed by atoms with Crippen LogP contribution in [-0.2, 0) is 10.0 Å². The predicted octanol–water partition coefficient (Wildman–Crippen LogP) is 1.63. The summed E-state index contributed by atoms with van der Waals surface area (Å²) in [6.07, 6.45) is 3.76. The van der Waals surface area contributed by atoms with E-state index in [1.807, 2.05) is 13.8 Å². The van der Waals surface area contributed by atoms with E-state index in [1.54, 1.807) is 0 Å². The van der Waals surface area contributed by atoms with Crippen LogP contribution in [0.4, 0.5) is 4.79 Å². The lowest BCUT2D eigenvalue weighted by Gasteiger charge is -2.33. The SMILES string of the molecule is CC(C)c1ccc(C(=O)N=C(N)N)cc1S(=O)(=O)N(C(N)=O)C1CCCCC1. The van der Waals surface area contributed by atoms with Crippen molar-refractivity contribution in [3.8, 4) is 0 Å². The molecule has 9 nitrogen and oxygen atoms in total. The first-order chi connectivity index (χ1) is 13.1. The van der Waals surface area contributed by atoms with Crippen LogP contribution in [0.1, 0.15) is 67.8 Å². The van der Waals surface area contributed by atoms with Crippen LogP contribution in [0.3, 0.4) is 0 Å². The van der Waals surface area contributed by atoms with Gasteiger partial charge in [-0.2, -0.15) is 4.99 Å². The molecule has 28 heavy (non-hydrogen) atoms. The Labute approximate surface area is 165 Å². The van der Waals surface area contributed by atoms with Crippen LogP contribution in [0.15, 0.2) is 28.1 Å². The number of guanidine groups is 1. The van der Waals surface area contributed by atoms with E-state index in [0.717, 1.165) is 23.6 Å². The van der Waals surface area contributed by atoms with Crippen LogP contribution in [0.2, 0.25) is 0 Å². The van der Waals surface area contributed by atoms with Gasteiger partial charge in [0.05, 0.1) is 10.9 Å². The van der Waals surface area contributed by atoms with E-state index in [4.69, 9.17) is 17.2 Å². The molecule has 154 valence electrons. The number of nitrogens with zero attached hydrogens (tertiary/aromatic N) is 2. The minimum atomic E-state index is -4.26. The molecule has 1 aromatic rings. The normalized spacial score (nSPS) is 15.2. The van der Waals surface area contributed by atoms with E-state index in [-0.39, 0.29) is 16.4 Å². The van der Waals surface area contributed by atoms with Crippen LogP contribution >= 0.6 is 0 Å². The molecule has 3 amide bonds. The van der Waals surface area contributed by atoms with E-state index >= 15 is 0 Å². The predicted molar refractivity (Wildman–Crippen MR) is 106 cm³/mol. The summed E-state index contributed by atoms with van der Waals surface area (Å²) in [6, 6.07) is 2.68. The molecule has 10 heteroatoms. The first-order valence-electron chi connectivity index (χ1n) is 9.17. The fraction of sp³-hybridized carbons (Fsp3) is 0.500. The van der Waals surface area contributed by atoms with Gasteiger partial charge in [-0.05, 0) is 36.5 Å². The number of carbonyl (C=O) groups is 2. The molecule has 0 heterocycles. The minimum absolute atomic E-state index is 0.00411. The Morgan fingerprint density at radius 3 is 2.21 bits per heavy atom. The maximum absolute atomic E-state index is 13.4. The van der Waals surface area contributed by atoms with E-state index < -0.39 is 34.0 Å². The van der Waals surface area contributed by atoms with Crippen LogP contribution in [0.25, 0.3) is 0 Å². The van der Waals surface area contributed by atoms with Gasteiger partial charge in [-0.1, -0.05) is 39.2 Å². The summed E-state index contributed by atoms with van der Waals surface area (Å²) in [5, 5.41) is 0. The molecule has 1 aromatic carbocycles. The van der Waals surface area contributed by atoms with Crippen molar-refractivity contribution in [3.63, 3.8) is 0 Å². The van der Waals surface area contributed by atoms with Crippen LogP contribution in [0.5, 0.6) is 0 Å². The number of benzene rings is 1. The molecule has 0 aromatic heterocycles. The molecule has 1 fully saturated rings. The van der Waals surface area contributed by atoms with Crippen molar-refractivity contribution in [1.82, 2.24) is 4.31 Å². The zero-order valence-electron chi connectivity index (χ0n) is 16.1. The molecule has 0 unspecified atom stereocenters. The summed E-state index contributed by atoms with van der Waals surface area (Å²) in [5.41, 5.74) is 16.4. The zero-order chi connectivity index (χ0) is 21.1. The smallest absolute Gasteiger partial charge is 0.328 e. The average Bonchev–Trinajstić information content (AvgIpc) is 2.61. The molecule has 6 N–H and O–H groups in total. The molecule has 0 radical (unpaired) electrons. The number of rotatable bonds is 5. The number of sulfonamides is 1. The van der Waals surface area contributed by atoms with Gasteiger partial charge in [-0.3, -0.25) is 4.79 Å². The Balaban J connectivity index is 2.61. The lowest BCUT2D eigenvalue weighted by Crippen LogP contribution is -2.48. The van der Waals surface area contributed by atoms with Gasteiger partial charge in [0.1, 0.15) is 0 Å². The van der Waals surface area contributed by atoms with Crippen molar-refractivity contribution < 1.29 is 18.0 Å². The van der Waals surface area contributed by atoms with Gasteiger partial charge in [0.15, 0.2) is 5.96 Å². The Morgan fingerprint density at radius 1 is 1.11 bits per heavy atom. The number of aliphatic imine (C=N–C) groups is 1. The van der Waals surface area contributed by atoms with E-state index in [2.05, 4.69) is 4.99 Å². The van der Waals surface area contributed by atoms with Gasteiger partial charge in [-0.25, -0.2) is 17.5 Å². The van der Waals surface area contributed by atoms with Gasteiger partial charge in [0.25, 0.3) is 15.9 Å². The molecule has 1 aliphatic carbocycles. The highest BCUT2D eigenvalue weighted by atomic mass is 32.2. The van der Waals surface area contributed by atoms with Gasteiger partial charge >= 0.3 is 6.03 Å². The topological polar surface area (TPSA) is 162 Å². The van der Waals surface area contributed by atoms with Crippen molar-refractivity contribution in [1.29, 1.82) is 0 Å². The number of urea groups is 1. The van der Waals surface area contributed by atoms with Crippen molar-refractivity contribution in [2.75, 3.05) is 0 Å². The van der Waals surface area contributed by atoms with Crippen LogP contribution in [0, 0.1) is 0 Å². The fourth-order valence-electron chi connectivity index (χ4n) is 3.47. The third-order valence-electron chi connectivity index (χ3n) is 4.77. The van der Waals surface area contributed by atoms with Crippen LogP contribution in [-0.4, -0.2) is 36.7 Å². The summed E-state index contributed by atoms with van der Waals surface area (Å²) >= 11 is 0. The Kier molecular flexibility index (Phi) is 6.65. The van der Waals surface area contributed by atoms with Gasteiger partial charge < -0.3 is 17.2 Å². The summed E-state index contributed by atoms with van der Waals surface area (Å²) in [7, 11) is -4.26. The quantitative estimate of drug-likeness (QED) is 0.494. The third kappa shape index (κ3) is 4.61. The first kappa shape index (κ1) is 21.7. The zero-order valence-corrected chi connectivity index (χ0v) is 16.9. The molecule has 0 bridgehead atoms. The second-order valence-electron chi connectivity index (χ2n) is 7.18. The molecule has 1 aliphatic rings. The highest BCUT2D eigenvalue weighted by Crippen LogP contribution is 2.32. The molecule has 0 aliphatic heterocycles. The molecular formula is C18H27N5O4S. The second kappa shape index (κ2) is 8.59. The number of hydrogen-bond donors (Lipinski definition) is 3. The van der Waals surface area contributed by atoms with Gasteiger partial charge in [0, 0.05) is 5.56 Å². The van der Waals surface area contributed by atoms with E-state index in [1.165, 1.54) is 18.2 Å².